The van der Waals surface area contributed by atoms with Gasteiger partial charge < -0.3 is 4.52 Å². The minimum absolute atomic E-state index is 0.217. The Bertz CT molecular complexity index is 434. The van der Waals surface area contributed by atoms with Gasteiger partial charge in [0.1, 0.15) is 0 Å². The lowest BCUT2D eigenvalue weighted by atomic mass is 10.3. The average molecular weight is 239 g/mol. The zero-order valence-corrected chi connectivity index (χ0v) is 9.48. The van der Waals surface area contributed by atoms with Gasteiger partial charge in [0.15, 0.2) is 0 Å². The molecular formula is C9H9N3OS2. The molecule has 2 aromatic rings. The molecule has 1 atom stereocenters. The topological polar surface area (TPSA) is 51.0 Å². The van der Waals surface area contributed by atoms with E-state index in [0.717, 1.165) is 17.2 Å². The molecule has 6 heteroatoms. The summed E-state index contributed by atoms with van der Waals surface area (Å²) in [6, 6.07) is 2.21. The van der Waals surface area contributed by atoms with Crippen LogP contribution in [0, 0.1) is 0 Å². The van der Waals surface area contributed by atoms with Gasteiger partial charge in [0.2, 0.25) is 11.7 Å². The minimum Gasteiger partial charge on any atom is -0.337 e. The number of thioether (sulfide) groups is 1. The molecule has 1 N–H and O–H groups in total. The highest BCUT2D eigenvalue weighted by Gasteiger charge is 2.23. The molecular weight excluding hydrogens is 230 g/mol. The number of hydrogen-bond donors (Lipinski definition) is 1. The van der Waals surface area contributed by atoms with Gasteiger partial charge in [-0.25, -0.2) is 0 Å². The highest BCUT2D eigenvalue weighted by molar-refractivity contribution is 7.99. The molecule has 1 saturated heterocycles. The number of thiophene rings is 1. The fourth-order valence-electron chi connectivity index (χ4n) is 1.44. The molecule has 4 nitrogen and oxygen atoms in total. The second-order valence-corrected chi connectivity index (χ2v) is 5.05. The molecule has 0 amide bonds. The summed E-state index contributed by atoms with van der Waals surface area (Å²) < 4.78 is 5.24. The fourth-order valence-corrected chi connectivity index (χ4v) is 3.01. The molecule has 0 radical (unpaired) electrons. The van der Waals surface area contributed by atoms with Crippen LogP contribution in [-0.2, 0) is 0 Å². The lowest BCUT2D eigenvalue weighted by molar-refractivity contribution is 0.351. The normalized spacial score (nSPS) is 20.9. The summed E-state index contributed by atoms with van der Waals surface area (Å²) in [4.78, 5) is 4.39. The Morgan fingerprint density at radius 3 is 3.27 bits per heavy atom. The third-order valence-corrected chi connectivity index (χ3v) is 3.86. The Morgan fingerprint density at radius 2 is 2.53 bits per heavy atom. The van der Waals surface area contributed by atoms with Crippen LogP contribution >= 0.6 is 23.1 Å². The molecule has 0 spiro atoms. The Labute approximate surface area is 95.1 Å². The van der Waals surface area contributed by atoms with E-state index < -0.39 is 0 Å². The number of nitrogens with one attached hydrogen (secondary N) is 1. The summed E-state index contributed by atoms with van der Waals surface area (Å²) in [5.41, 5.74) is 1.03. The van der Waals surface area contributed by atoms with E-state index in [9.17, 15) is 0 Å². The highest BCUT2D eigenvalue weighted by Crippen LogP contribution is 2.25. The van der Waals surface area contributed by atoms with Gasteiger partial charge in [-0.05, 0) is 11.4 Å². The van der Waals surface area contributed by atoms with Crippen molar-refractivity contribution in [2.24, 2.45) is 0 Å². The van der Waals surface area contributed by atoms with E-state index in [1.54, 1.807) is 11.3 Å². The third kappa shape index (κ3) is 1.80. The molecule has 1 aliphatic rings. The van der Waals surface area contributed by atoms with Crippen molar-refractivity contribution >= 4 is 23.1 Å². The first-order valence-electron chi connectivity index (χ1n) is 4.61. The Hall–Kier alpha value is -0.850. The van der Waals surface area contributed by atoms with Gasteiger partial charge in [-0.1, -0.05) is 5.16 Å². The van der Waals surface area contributed by atoms with E-state index >= 15 is 0 Å². The summed E-state index contributed by atoms with van der Waals surface area (Å²) in [6.07, 6.45) is 0. The van der Waals surface area contributed by atoms with Crippen molar-refractivity contribution in [3.63, 3.8) is 0 Å². The van der Waals surface area contributed by atoms with Crippen molar-refractivity contribution < 1.29 is 4.52 Å². The molecule has 1 unspecified atom stereocenters. The summed E-state index contributed by atoms with van der Waals surface area (Å²) in [5, 5.41) is 11.3. The molecule has 3 heterocycles. The summed E-state index contributed by atoms with van der Waals surface area (Å²) in [7, 11) is 0. The Morgan fingerprint density at radius 1 is 1.53 bits per heavy atom. The summed E-state index contributed by atoms with van der Waals surface area (Å²) in [5.74, 6) is 3.35. The van der Waals surface area contributed by atoms with Crippen LogP contribution < -0.4 is 5.32 Å². The van der Waals surface area contributed by atoms with Crippen LogP contribution in [0.25, 0.3) is 11.4 Å². The van der Waals surface area contributed by atoms with Crippen LogP contribution in [0.5, 0.6) is 0 Å². The lowest BCUT2D eigenvalue weighted by Gasteiger charge is -1.99. The van der Waals surface area contributed by atoms with Gasteiger partial charge in [-0.3, -0.25) is 5.32 Å². The molecule has 2 aromatic heterocycles. The van der Waals surface area contributed by atoms with Crippen LogP contribution in [-0.4, -0.2) is 21.8 Å². The first-order valence-corrected chi connectivity index (χ1v) is 6.70. The van der Waals surface area contributed by atoms with Crippen LogP contribution in [0.3, 0.4) is 0 Å². The number of aromatic nitrogens is 2. The molecule has 0 aromatic carbocycles. The Kier molecular flexibility index (Phi) is 2.47. The Balaban J connectivity index is 1.87. The predicted octanol–water partition coefficient (Wildman–Crippen LogP) is 2.13. The van der Waals surface area contributed by atoms with Crippen molar-refractivity contribution in [3.05, 3.63) is 22.7 Å². The predicted molar refractivity (Wildman–Crippen MR) is 60.8 cm³/mol. The monoisotopic (exact) mass is 239 g/mol. The maximum Gasteiger partial charge on any atom is 0.244 e. The van der Waals surface area contributed by atoms with E-state index in [0.29, 0.717) is 11.7 Å². The van der Waals surface area contributed by atoms with Gasteiger partial charge in [0, 0.05) is 22.6 Å². The van der Waals surface area contributed by atoms with Gasteiger partial charge in [-0.2, -0.15) is 16.3 Å². The molecule has 0 saturated carbocycles. The summed E-state index contributed by atoms with van der Waals surface area (Å²) >= 11 is 3.48. The van der Waals surface area contributed by atoms with E-state index in [4.69, 9.17) is 4.52 Å². The van der Waals surface area contributed by atoms with Gasteiger partial charge in [-0.15, -0.1) is 11.8 Å². The van der Waals surface area contributed by atoms with Gasteiger partial charge >= 0.3 is 0 Å². The quantitative estimate of drug-likeness (QED) is 0.870. The van der Waals surface area contributed by atoms with E-state index in [2.05, 4.69) is 15.5 Å². The molecule has 78 valence electrons. The zero-order chi connectivity index (χ0) is 10.1. The van der Waals surface area contributed by atoms with E-state index in [1.165, 1.54) is 0 Å². The SMILES string of the molecule is c1cc(-c2noc(C3CSCN3)n2)cs1. The molecule has 0 aliphatic carbocycles. The molecule has 15 heavy (non-hydrogen) atoms. The maximum atomic E-state index is 5.24. The number of hydrogen-bond acceptors (Lipinski definition) is 6. The van der Waals surface area contributed by atoms with Gasteiger partial charge in [0.25, 0.3) is 0 Å². The molecule has 1 aliphatic heterocycles. The highest BCUT2D eigenvalue weighted by atomic mass is 32.2. The fraction of sp³-hybridized carbons (Fsp3) is 0.333. The smallest absolute Gasteiger partial charge is 0.244 e. The largest absolute Gasteiger partial charge is 0.337 e. The first-order chi connectivity index (χ1) is 7.43. The van der Waals surface area contributed by atoms with E-state index in [1.807, 2.05) is 28.6 Å². The lowest BCUT2D eigenvalue weighted by Crippen LogP contribution is -2.14. The standard InChI is InChI=1S/C9H9N3OS2/c1-2-14-3-6(1)8-11-9(13-12-8)7-4-15-5-10-7/h1-3,7,10H,4-5H2. The maximum absolute atomic E-state index is 5.24. The molecule has 0 bridgehead atoms. The van der Waals surface area contributed by atoms with Crippen molar-refractivity contribution in [1.29, 1.82) is 0 Å². The molecule has 1 fully saturated rings. The number of nitrogens with zero attached hydrogens (tertiary/aromatic N) is 2. The van der Waals surface area contributed by atoms with Crippen molar-refractivity contribution in [3.8, 4) is 11.4 Å². The van der Waals surface area contributed by atoms with Gasteiger partial charge in [0.05, 0.1) is 6.04 Å². The first kappa shape index (κ1) is 9.38. The van der Waals surface area contributed by atoms with Crippen LogP contribution in [0.1, 0.15) is 11.9 Å². The summed E-state index contributed by atoms with van der Waals surface area (Å²) in [6.45, 7) is 0. The third-order valence-electron chi connectivity index (χ3n) is 2.24. The van der Waals surface area contributed by atoms with Crippen molar-refractivity contribution in [2.75, 3.05) is 11.6 Å². The van der Waals surface area contributed by atoms with Crippen molar-refractivity contribution in [2.45, 2.75) is 6.04 Å². The van der Waals surface area contributed by atoms with Crippen LogP contribution in [0.4, 0.5) is 0 Å². The second-order valence-electron chi connectivity index (χ2n) is 3.24. The zero-order valence-electron chi connectivity index (χ0n) is 7.84. The van der Waals surface area contributed by atoms with E-state index in [-0.39, 0.29) is 6.04 Å². The van der Waals surface area contributed by atoms with Crippen LogP contribution in [0.15, 0.2) is 21.3 Å². The average Bonchev–Trinajstić information content (AvgIpc) is 3.02. The minimum atomic E-state index is 0.217. The second kappa shape index (κ2) is 3.96. The van der Waals surface area contributed by atoms with Crippen LogP contribution in [0.2, 0.25) is 0 Å². The van der Waals surface area contributed by atoms with Crippen molar-refractivity contribution in [1.82, 2.24) is 15.5 Å². The number of rotatable bonds is 2. The molecule has 3 rings (SSSR count).